The Bertz CT molecular complexity index is 619. The van der Waals surface area contributed by atoms with Gasteiger partial charge in [-0.2, -0.15) is 0 Å². The third-order valence-corrected chi connectivity index (χ3v) is 4.09. The van der Waals surface area contributed by atoms with Crippen molar-refractivity contribution in [3.63, 3.8) is 0 Å². The molecule has 1 unspecified atom stereocenters. The average molecular weight is 302 g/mol. The van der Waals surface area contributed by atoms with E-state index >= 15 is 0 Å². The molecule has 0 fully saturated rings. The molecule has 110 valence electrons. The van der Waals surface area contributed by atoms with E-state index in [1.165, 1.54) is 0 Å². The summed E-state index contributed by atoms with van der Waals surface area (Å²) in [7, 11) is 0. The van der Waals surface area contributed by atoms with Crippen LogP contribution in [0.4, 0.5) is 0 Å². The quantitative estimate of drug-likeness (QED) is 0.843. The van der Waals surface area contributed by atoms with Gasteiger partial charge in [-0.05, 0) is 38.5 Å². The topological polar surface area (TPSA) is 29.1 Å². The SMILES string of the molecule is Cc1cc(C)cc(C(=O)NC(C)(CCl)c2ccccc2)c1. The lowest BCUT2D eigenvalue weighted by atomic mass is 9.93. The van der Waals surface area contributed by atoms with Crippen LogP contribution in [0.1, 0.15) is 34.0 Å². The highest BCUT2D eigenvalue weighted by molar-refractivity contribution is 6.19. The molecule has 2 aromatic rings. The van der Waals surface area contributed by atoms with Crippen LogP contribution >= 0.6 is 11.6 Å². The van der Waals surface area contributed by atoms with E-state index < -0.39 is 5.54 Å². The molecule has 0 saturated heterocycles. The number of halogens is 1. The molecule has 3 heteroatoms. The van der Waals surface area contributed by atoms with Crippen LogP contribution < -0.4 is 5.32 Å². The second kappa shape index (κ2) is 6.31. The van der Waals surface area contributed by atoms with Crippen LogP contribution in [0.3, 0.4) is 0 Å². The van der Waals surface area contributed by atoms with E-state index in [0.717, 1.165) is 16.7 Å². The van der Waals surface area contributed by atoms with Gasteiger partial charge in [-0.25, -0.2) is 0 Å². The van der Waals surface area contributed by atoms with Crippen LogP contribution in [0.5, 0.6) is 0 Å². The van der Waals surface area contributed by atoms with Crippen molar-refractivity contribution in [2.75, 3.05) is 5.88 Å². The number of benzene rings is 2. The minimum atomic E-state index is -0.586. The number of hydrogen-bond donors (Lipinski definition) is 1. The van der Waals surface area contributed by atoms with E-state index in [1.807, 2.05) is 63.2 Å². The summed E-state index contributed by atoms with van der Waals surface area (Å²) in [5.74, 6) is 0.210. The van der Waals surface area contributed by atoms with Gasteiger partial charge in [-0.3, -0.25) is 4.79 Å². The van der Waals surface area contributed by atoms with Gasteiger partial charge in [0.05, 0.1) is 5.54 Å². The van der Waals surface area contributed by atoms with Crippen molar-refractivity contribution in [3.8, 4) is 0 Å². The van der Waals surface area contributed by atoms with Gasteiger partial charge in [0, 0.05) is 11.4 Å². The summed E-state index contributed by atoms with van der Waals surface area (Å²) in [6.07, 6.45) is 0. The maximum atomic E-state index is 12.5. The Morgan fingerprint density at radius 3 is 2.19 bits per heavy atom. The zero-order chi connectivity index (χ0) is 15.5. The van der Waals surface area contributed by atoms with Crippen molar-refractivity contribution in [1.82, 2.24) is 5.32 Å². The fourth-order valence-electron chi connectivity index (χ4n) is 2.42. The monoisotopic (exact) mass is 301 g/mol. The summed E-state index contributed by atoms with van der Waals surface area (Å²) in [5.41, 5.74) is 3.23. The molecule has 0 saturated carbocycles. The van der Waals surface area contributed by atoms with E-state index in [0.29, 0.717) is 11.4 Å². The lowest BCUT2D eigenvalue weighted by Crippen LogP contribution is -2.45. The largest absolute Gasteiger partial charge is 0.342 e. The van der Waals surface area contributed by atoms with Crippen molar-refractivity contribution < 1.29 is 4.79 Å². The van der Waals surface area contributed by atoms with Crippen molar-refractivity contribution in [1.29, 1.82) is 0 Å². The summed E-state index contributed by atoms with van der Waals surface area (Å²) >= 11 is 6.12. The van der Waals surface area contributed by atoms with Crippen LogP contribution in [0.2, 0.25) is 0 Å². The summed E-state index contributed by atoms with van der Waals surface area (Å²) in [5, 5.41) is 3.06. The molecule has 0 aliphatic carbocycles. The Labute approximate surface area is 131 Å². The molecule has 2 aromatic carbocycles. The third kappa shape index (κ3) is 3.64. The first-order valence-electron chi connectivity index (χ1n) is 6.97. The van der Waals surface area contributed by atoms with Gasteiger partial charge < -0.3 is 5.32 Å². The first kappa shape index (κ1) is 15.6. The van der Waals surface area contributed by atoms with E-state index in [-0.39, 0.29) is 5.91 Å². The molecule has 0 heterocycles. The summed E-state index contributed by atoms with van der Waals surface area (Å²) < 4.78 is 0. The van der Waals surface area contributed by atoms with Gasteiger partial charge in [0.15, 0.2) is 0 Å². The molecule has 1 amide bonds. The Morgan fingerprint density at radius 2 is 1.67 bits per heavy atom. The lowest BCUT2D eigenvalue weighted by Gasteiger charge is -2.29. The molecule has 0 aliphatic rings. The minimum Gasteiger partial charge on any atom is -0.342 e. The third-order valence-electron chi connectivity index (χ3n) is 3.55. The molecular formula is C18H20ClNO. The number of rotatable bonds is 4. The smallest absolute Gasteiger partial charge is 0.252 e. The molecule has 1 N–H and O–H groups in total. The van der Waals surface area contributed by atoms with Crippen molar-refractivity contribution in [2.24, 2.45) is 0 Å². The second-order valence-corrected chi connectivity index (χ2v) is 5.93. The molecule has 0 aliphatic heterocycles. The Morgan fingerprint density at radius 1 is 1.10 bits per heavy atom. The van der Waals surface area contributed by atoms with Crippen molar-refractivity contribution in [3.05, 3.63) is 70.8 Å². The number of alkyl halides is 1. The number of nitrogens with one attached hydrogen (secondary N) is 1. The fourth-order valence-corrected chi connectivity index (χ4v) is 2.64. The zero-order valence-corrected chi connectivity index (χ0v) is 13.4. The maximum absolute atomic E-state index is 12.5. The zero-order valence-electron chi connectivity index (χ0n) is 12.6. The molecule has 0 spiro atoms. The Balaban J connectivity index is 2.28. The maximum Gasteiger partial charge on any atom is 0.252 e. The van der Waals surface area contributed by atoms with Gasteiger partial charge in [0.2, 0.25) is 0 Å². The number of aryl methyl sites for hydroxylation is 2. The lowest BCUT2D eigenvalue weighted by molar-refractivity contribution is 0.0913. The highest BCUT2D eigenvalue weighted by atomic mass is 35.5. The average Bonchev–Trinajstić information content (AvgIpc) is 2.47. The van der Waals surface area contributed by atoms with Crippen LogP contribution in [0.15, 0.2) is 48.5 Å². The molecule has 2 nitrogen and oxygen atoms in total. The van der Waals surface area contributed by atoms with Crippen molar-refractivity contribution in [2.45, 2.75) is 26.3 Å². The van der Waals surface area contributed by atoms with Crippen LogP contribution in [-0.4, -0.2) is 11.8 Å². The highest BCUT2D eigenvalue weighted by Gasteiger charge is 2.28. The number of carbonyl (C=O) groups excluding carboxylic acids is 1. The number of amides is 1. The van der Waals surface area contributed by atoms with Gasteiger partial charge in [0.25, 0.3) is 5.91 Å². The fraction of sp³-hybridized carbons (Fsp3) is 0.278. The summed E-state index contributed by atoms with van der Waals surface area (Å²) in [6, 6.07) is 15.6. The van der Waals surface area contributed by atoms with Gasteiger partial charge in [-0.1, -0.05) is 47.5 Å². The minimum absolute atomic E-state index is 0.103. The van der Waals surface area contributed by atoms with Gasteiger partial charge in [0.1, 0.15) is 0 Å². The molecule has 0 aromatic heterocycles. The van der Waals surface area contributed by atoms with Crippen LogP contribution in [0.25, 0.3) is 0 Å². The molecule has 0 bridgehead atoms. The van der Waals surface area contributed by atoms with Crippen LogP contribution in [0, 0.1) is 13.8 Å². The molecule has 2 rings (SSSR count). The van der Waals surface area contributed by atoms with Crippen LogP contribution in [-0.2, 0) is 5.54 Å². The predicted molar refractivity (Wildman–Crippen MR) is 87.9 cm³/mol. The van der Waals surface area contributed by atoms with E-state index in [9.17, 15) is 4.79 Å². The first-order valence-corrected chi connectivity index (χ1v) is 7.50. The summed E-state index contributed by atoms with van der Waals surface area (Å²) in [6.45, 7) is 5.92. The second-order valence-electron chi connectivity index (χ2n) is 5.66. The van der Waals surface area contributed by atoms with Gasteiger partial charge in [-0.15, -0.1) is 11.6 Å². The van der Waals surface area contributed by atoms with Crippen molar-refractivity contribution >= 4 is 17.5 Å². The Hall–Kier alpha value is -1.80. The number of carbonyl (C=O) groups is 1. The predicted octanol–water partition coefficient (Wildman–Crippen LogP) is 4.19. The summed E-state index contributed by atoms with van der Waals surface area (Å²) in [4.78, 5) is 12.5. The number of hydrogen-bond acceptors (Lipinski definition) is 1. The first-order chi connectivity index (χ1) is 9.94. The van der Waals surface area contributed by atoms with E-state index in [2.05, 4.69) is 11.4 Å². The van der Waals surface area contributed by atoms with E-state index in [1.54, 1.807) is 0 Å². The van der Waals surface area contributed by atoms with E-state index in [4.69, 9.17) is 11.6 Å². The molecule has 0 radical (unpaired) electrons. The highest BCUT2D eigenvalue weighted by Crippen LogP contribution is 2.23. The molecule has 1 atom stereocenters. The molecular weight excluding hydrogens is 282 g/mol. The molecule has 21 heavy (non-hydrogen) atoms. The normalized spacial score (nSPS) is 13.5. The standard InChI is InChI=1S/C18H20ClNO/c1-13-9-14(2)11-15(10-13)17(21)20-18(3,12-19)16-7-5-4-6-8-16/h4-11H,12H2,1-3H3,(H,20,21). The van der Waals surface area contributed by atoms with Gasteiger partial charge >= 0.3 is 0 Å². The Kier molecular flexibility index (Phi) is 4.69.